The van der Waals surface area contributed by atoms with E-state index in [1.165, 1.54) is 11.1 Å². The second kappa shape index (κ2) is 4.93. The number of hydrogen-bond acceptors (Lipinski definition) is 4. The van der Waals surface area contributed by atoms with Crippen LogP contribution in [0.15, 0.2) is 30.6 Å². The summed E-state index contributed by atoms with van der Waals surface area (Å²) in [5, 5.41) is 0. The Morgan fingerprint density at radius 1 is 1.18 bits per heavy atom. The van der Waals surface area contributed by atoms with E-state index in [4.69, 9.17) is 10.5 Å². The van der Waals surface area contributed by atoms with Gasteiger partial charge in [0.1, 0.15) is 5.75 Å². The molecule has 0 aliphatic carbocycles. The Balaban J connectivity index is 2.22. The maximum absolute atomic E-state index is 5.63. The highest BCUT2D eigenvalue weighted by molar-refractivity contribution is 5.35. The summed E-state index contributed by atoms with van der Waals surface area (Å²) in [6.07, 6.45) is 3.21. The van der Waals surface area contributed by atoms with Crippen LogP contribution in [0.2, 0.25) is 0 Å². The molecule has 2 N–H and O–H groups in total. The number of nitrogens with two attached hydrogens (primary N) is 1. The molecule has 0 fully saturated rings. The fourth-order valence-corrected chi connectivity index (χ4v) is 1.43. The average molecular weight is 229 g/mol. The lowest BCUT2D eigenvalue weighted by Crippen LogP contribution is -2.01. The predicted molar refractivity (Wildman–Crippen MR) is 65.9 cm³/mol. The van der Waals surface area contributed by atoms with Crippen molar-refractivity contribution in [2.45, 2.75) is 20.4 Å². The molecule has 0 spiro atoms. The van der Waals surface area contributed by atoms with Gasteiger partial charge in [0.05, 0.1) is 11.9 Å². The lowest BCUT2D eigenvalue weighted by molar-refractivity contribution is 0.457. The summed E-state index contributed by atoms with van der Waals surface area (Å²) in [7, 11) is 0. The van der Waals surface area contributed by atoms with E-state index in [1.54, 1.807) is 12.4 Å². The zero-order valence-corrected chi connectivity index (χ0v) is 9.97. The van der Waals surface area contributed by atoms with Gasteiger partial charge in [-0.1, -0.05) is 6.07 Å². The van der Waals surface area contributed by atoms with Gasteiger partial charge in [-0.15, -0.1) is 0 Å². The molecule has 0 saturated carbocycles. The molecule has 0 aliphatic heterocycles. The molecule has 2 aromatic rings. The van der Waals surface area contributed by atoms with Crippen LogP contribution in [0.5, 0.6) is 11.6 Å². The quantitative estimate of drug-likeness (QED) is 0.877. The summed E-state index contributed by atoms with van der Waals surface area (Å²) in [6, 6.07) is 5.91. The highest BCUT2D eigenvalue weighted by Gasteiger charge is 2.02. The lowest BCUT2D eigenvalue weighted by atomic mass is 10.1. The molecule has 4 nitrogen and oxygen atoms in total. The van der Waals surface area contributed by atoms with E-state index in [0.29, 0.717) is 18.1 Å². The first-order chi connectivity index (χ1) is 8.19. The summed E-state index contributed by atoms with van der Waals surface area (Å²) >= 11 is 0. The molecule has 1 aromatic heterocycles. The van der Waals surface area contributed by atoms with Gasteiger partial charge < -0.3 is 10.5 Å². The first-order valence-electron chi connectivity index (χ1n) is 5.45. The normalized spacial score (nSPS) is 10.3. The van der Waals surface area contributed by atoms with Crippen molar-refractivity contribution in [1.82, 2.24) is 9.97 Å². The third-order valence-electron chi connectivity index (χ3n) is 2.57. The van der Waals surface area contributed by atoms with Gasteiger partial charge in [-0.3, -0.25) is 4.98 Å². The number of aromatic nitrogens is 2. The Morgan fingerprint density at radius 3 is 2.71 bits per heavy atom. The van der Waals surface area contributed by atoms with E-state index in [9.17, 15) is 0 Å². The van der Waals surface area contributed by atoms with Crippen LogP contribution in [-0.4, -0.2) is 9.97 Å². The molecule has 0 amide bonds. The fraction of sp³-hybridized carbons (Fsp3) is 0.231. The molecule has 2 rings (SSSR count). The standard InChI is InChI=1S/C13H15N3O/c1-9-3-4-12(5-10(9)2)17-13-8-15-7-11(6-14)16-13/h3-5,7-8H,6,14H2,1-2H3. The van der Waals surface area contributed by atoms with Gasteiger partial charge in [0, 0.05) is 12.7 Å². The maximum Gasteiger partial charge on any atom is 0.238 e. The molecule has 0 aliphatic rings. The van der Waals surface area contributed by atoms with E-state index >= 15 is 0 Å². The van der Waals surface area contributed by atoms with Crippen LogP contribution in [-0.2, 0) is 6.54 Å². The lowest BCUT2D eigenvalue weighted by Gasteiger charge is -2.07. The molecule has 0 atom stereocenters. The van der Waals surface area contributed by atoms with Gasteiger partial charge in [0.25, 0.3) is 0 Å². The molecule has 1 aromatic carbocycles. The van der Waals surface area contributed by atoms with Crippen LogP contribution in [0.25, 0.3) is 0 Å². The van der Waals surface area contributed by atoms with E-state index in [-0.39, 0.29) is 0 Å². The van der Waals surface area contributed by atoms with Crippen LogP contribution in [0.4, 0.5) is 0 Å². The molecule has 0 bridgehead atoms. The second-order valence-corrected chi connectivity index (χ2v) is 3.90. The minimum absolute atomic E-state index is 0.358. The zero-order valence-electron chi connectivity index (χ0n) is 9.97. The highest BCUT2D eigenvalue weighted by atomic mass is 16.5. The van der Waals surface area contributed by atoms with Crippen molar-refractivity contribution in [1.29, 1.82) is 0 Å². The van der Waals surface area contributed by atoms with Gasteiger partial charge in [-0.25, -0.2) is 4.98 Å². The summed E-state index contributed by atoms with van der Waals surface area (Å²) in [5.74, 6) is 1.23. The maximum atomic E-state index is 5.63. The first kappa shape index (κ1) is 11.5. The summed E-state index contributed by atoms with van der Waals surface area (Å²) in [4.78, 5) is 8.25. The number of nitrogens with zero attached hydrogens (tertiary/aromatic N) is 2. The molecule has 4 heteroatoms. The van der Waals surface area contributed by atoms with Crippen molar-refractivity contribution < 1.29 is 4.74 Å². The van der Waals surface area contributed by atoms with Gasteiger partial charge >= 0.3 is 0 Å². The van der Waals surface area contributed by atoms with Crippen LogP contribution in [0.3, 0.4) is 0 Å². The Bertz CT molecular complexity index is 526. The van der Waals surface area contributed by atoms with Gasteiger partial charge in [0.2, 0.25) is 5.88 Å². The van der Waals surface area contributed by atoms with Gasteiger partial charge in [-0.05, 0) is 37.1 Å². The third kappa shape index (κ3) is 2.79. The zero-order chi connectivity index (χ0) is 12.3. The van der Waals surface area contributed by atoms with E-state index in [1.807, 2.05) is 25.1 Å². The molecular formula is C13H15N3O. The largest absolute Gasteiger partial charge is 0.437 e. The Hall–Kier alpha value is -1.94. The Morgan fingerprint density at radius 2 is 2.00 bits per heavy atom. The van der Waals surface area contributed by atoms with Crippen LogP contribution in [0.1, 0.15) is 16.8 Å². The molecule has 88 valence electrons. The summed E-state index contributed by atoms with van der Waals surface area (Å²) < 4.78 is 5.63. The second-order valence-electron chi connectivity index (χ2n) is 3.90. The monoisotopic (exact) mass is 229 g/mol. The summed E-state index contributed by atoms with van der Waals surface area (Å²) in [5.41, 5.74) is 8.63. The van der Waals surface area contributed by atoms with Crippen LogP contribution < -0.4 is 10.5 Å². The van der Waals surface area contributed by atoms with E-state index < -0.39 is 0 Å². The van der Waals surface area contributed by atoms with Gasteiger partial charge in [0.15, 0.2) is 0 Å². The smallest absolute Gasteiger partial charge is 0.238 e. The minimum Gasteiger partial charge on any atom is -0.437 e. The number of aryl methyl sites for hydroxylation is 2. The highest BCUT2D eigenvalue weighted by Crippen LogP contribution is 2.21. The van der Waals surface area contributed by atoms with Crippen molar-refractivity contribution in [3.63, 3.8) is 0 Å². The van der Waals surface area contributed by atoms with Crippen molar-refractivity contribution in [2.24, 2.45) is 5.73 Å². The third-order valence-corrected chi connectivity index (χ3v) is 2.57. The van der Waals surface area contributed by atoms with Crippen LogP contribution in [0, 0.1) is 13.8 Å². The van der Waals surface area contributed by atoms with Crippen molar-refractivity contribution in [3.8, 4) is 11.6 Å². The summed E-state index contributed by atoms with van der Waals surface area (Å²) in [6.45, 7) is 4.47. The number of rotatable bonds is 3. The van der Waals surface area contributed by atoms with Crippen molar-refractivity contribution in [2.75, 3.05) is 0 Å². The topological polar surface area (TPSA) is 61.0 Å². The Labute approximate surface area is 100 Å². The number of benzene rings is 1. The van der Waals surface area contributed by atoms with E-state index in [0.717, 1.165) is 5.75 Å². The molecule has 0 radical (unpaired) electrons. The van der Waals surface area contributed by atoms with Crippen LogP contribution >= 0.6 is 0 Å². The molecule has 1 heterocycles. The van der Waals surface area contributed by atoms with E-state index in [2.05, 4.69) is 16.9 Å². The molecule has 17 heavy (non-hydrogen) atoms. The Kier molecular flexibility index (Phi) is 3.35. The van der Waals surface area contributed by atoms with Gasteiger partial charge in [-0.2, -0.15) is 0 Å². The molecular weight excluding hydrogens is 214 g/mol. The fourth-order valence-electron chi connectivity index (χ4n) is 1.43. The predicted octanol–water partition coefficient (Wildman–Crippen LogP) is 2.34. The van der Waals surface area contributed by atoms with Crippen molar-refractivity contribution >= 4 is 0 Å². The van der Waals surface area contributed by atoms with Crippen molar-refractivity contribution in [3.05, 3.63) is 47.4 Å². The SMILES string of the molecule is Cc1ccc(Oc2cncc(CN)n2)cc1C. The number of ether oxygens (including phenoxy) is 1. The number of hydrogen-bond donors (Lipinski definition) is 1. The first-order valence-corrected chi connectivity index (χ1v) is 5.45. The molecule has 0 saturated heterocycles. The average Bonchev–Trinajstić information content (AvgIpc) is 2.34. The molecule has 0 unspecified atom stereocenters. The minimum atomic E-state index is 0.358.